The van der Waals surface area contributed by atoms with Crippen molar-refractivity contribution in [3.8, 4) is 0 Å². The highest BCUT2D eigenvalue weighted by Gasteiger charge is 2.32. The Morgan fingerprint density at radius 2 is 0.960 bits per heavy atom. The van der Waals surface area contributed by atoms with Crippen LogP contribution in [0, 0.1) is 23.7 Å². The number of amides is 4. The fraction of sp³-hybridized carbons (Fsp3) is 0.838. The number of carboxylic acids is 2. The lowest BCUT2D eigenvalue weighted by Crippen LogP contribution is -2.58. The van der Waals surface area contributed by atoms with Gasteiger partial charge in [-0.2, -0.15) is 0 Å². The predicted molar refractivity (Wildman–Crippen MR) is 193 cm³/mol. The van der Waals surface area contributed by atoms with Crippen LogP contribution in [-0.4, -0.2) is 81.2 Å². The monoisotopic (exact) mass is 712 g/mol. The minimum absolute atomic E-state index is 0.0215. The minimum Gasteiger partial charge on any atom is -0.481 e. The topological polar surface area (TPSA) is 211 Å². The van der Waals surface area contributed by atoms with Crippen molar-refractivity contribution in [2.45, 2.75) is 176 Å². The molecule has 0 rings (SSSR count). The molecule has 0 saturated carbocycles. The summed E-state index contributed by atoms with van der Waals surface area (Å²) in [4.78, 5) is 76.2. The average Bonchev–Trinajstić information content (AvgIpc) is 3.00. The van der Waals surface area contributed by atoms with Gasteiger partial charge in [-0.1, -0.05) is 100 Å². The lowest BCUT2D eigenvalue weighted by atomic mass is 9.99. The first kappa shape index (κ1) is 46.8. The van der Waals surface area contributed by atoms with E-state index in [4.69, 9.17) is 0 Å². The maximum absolute atomic E-state index is 13.5. The fourth-order valence-corrected chi connectivity index (χ4v) is 5.63. The van der Waals surface area contributed by atoms with Crippen molar-refractivity contribution in [1.82, 2.24) is 21.3 Å². The number of aliphatic carboxylic acids is 2. The van der Waals surface area contributed by atoms with Crippen molar-refractivity contribution >= 4 is 35.6 Å². The summed E-state index contributed by atoms with van der Waals surface area (Å²) >= 11 is 0. The van der Waals surface area contributed by atoms with E-state index in [2.05, 4.69) is 35.1 Å². The van der Waals surface area contributed by atoms with Crippen LogP contribution in [0.1, 0.15) is 145 Å². The molecule has 50 heavy (non-hydrogen) atoms. The van der Waals surface area contributed by atoms with Crippen LogP contribution in [0.15, 0.2) is 0 Å². The molecule has 0 saturated heterocycles. The smallest absolute Gasteiger partial charge is 0.326 e. The van der Waals surface area contributed by atoms with Gasteiger partial charge in [-0.05, 0) is 55.8 Å². The molecule has 6 atom stereocenters. The van der Waals surface area contributed by atoms with E-state index in [9.17, 15) is 44.1 Å². The molecule has 290 valence electrons. The van der Waals surface area contributed by atoms with E-state index < -0.39 is 72.3 Å². The van der Waals surface area contributed by atoms with Gasteiger partial charge in [-0.25, -0.2) is 4.79 Å². The highest BCUT2D eigenvalue weighted by atomic mass is 16.4. The Morgan fingerprint density at radius 1 is 0.540 bits per heavy atom. The summed E-state index contributed by atoms with van der Waals surface area (Å²) in [6.45, 7) is 15.5. The summed E-state index contributed by atoms with van der Waals surface area (Å²) in [7, 11) is 0. The Bertz CT molecular complexity index is 1050. The van der Waals surface area contributed by atoms with Gasteiger partial charge in [0.15, 0.2) is 0 Å². The standard InChI is InChI=1S/C37H68N4O9/c1-9-26(8)15-13-11-10-12-14-16-27(42)22-32(43)38-29(19-23(2)3)35(47)39-28(17-18-33(44)45)34(46)40-30(20-24(4)5)36(48)41-31(37(49)50)21-25(6)7/h23-31,42H,9-22H2,1-8H3,(H,38,43)(H,39,47)(H,40,46)(H,41,48)(H,44,45)(H,49,50)/t26?,27-,28+,29+,30+,31+/m1/s1. The Labute approximate surface area is 299 Å². The number of hydrogen-bond acceptors (Lipinski definition) is 7. The molecule has 0 aliphatic carbocycles. The second-order valence-electron chi connectivity index (χ2n) is 15.2. The Balaban J connectivity index is 5.55. The molecule has 7 N–H and O–H groups in total. The lowest BCUT2D eigenvalue weighted by Gasteiger charge is -2.27. The summed E-state index contributed by atoms with van der Waals surface area (Å²) in [5, 5.41) is 39.7. The Hall–Kier alpha value is -3.22. The van der Waals surface area contributed by atoms with Crippen LogP contribution in [0.3, 0.4) is 0 Å². The third-order valence-corrected chi connectivity index (χ3v) is 8.65. The highest BCUT2D eigenvalue weighted by Crippen LogP contribution is 2.16. The van der Waals surface area contributed by atoms with Gasteiger partial charge in [0, 0.05) is 6.42 Å². The molecule has 0 aliphatic rings. The number of aliphatic hydroxyl groups is 1. The van der Waals surface area contributed by atoms with Gasteiger partial charge in [0.05, 0.1) is 12.5 Å². The number of carboxylic acid groups (broad SMARTS) is 2. The number of rotatable bonds is 28. The normalized spacial score (nSPS) is 15.1. The van der Waals surface area contributed by atoms with Crippen LogP contribution in [0.25, 0.3) is 0 Å². The minimum atomic E-state index is -1.35. The summed E-state index contributed by atoms with van der Waals surface area (Å²) in [5.41, 5.74) is 0. The average molecular weight is 713 g/mol. The van der Waals surface area contributed by atoms with Gasteiger partial charge in [0.2, 0.25) is 23.6 Å². The molecule has 4 amide bonds. The third-order valence-electron chi connectivity index (χ3n) is 8.65. The Kier molecular flexibility index (Phi) is 24.0. The molecule has 0 aromatic carbocycles. The van der Waals surface area contributed by atoms with Gasteiger partial charge < -0.3 is 36.6 Å². The van der Waals surface area contributed by atoms with Crippen LogP contribution in [0.5, 0.6) is 0 Å². The van der Waals surface area contributed by atoms with E-state index in [1.54, 1.807) is 0 Å². The molecule has 0 fully saturated rings. The number of carbonyl (C=O) groups excluding carboxylic acids is 4. The number of nitrogens with one attached hydrogen (secondary N) is 4. The molecule has 13 nitrogen and oxygen atoms in total. The second kappa shape index (κ2) is 25.7. The van der Waals surface area contributed by atoms with E-state index in [1.807, 2.05) is 41.5 Å². The largest absolute Gasteiger partial charge is 0.481 e. The SMILES string of the molecule is CCC(C)CCCCCCC[C@@H](O)CC(=O)N[C@@H](CC(C)C)C(=O)N[C@@H](CCC(=O)O)C(=O)N[C@@H](CC(C)C)C(=O)N[C@@H](CC(C)C)C(=O)O. The third kappa shape index (κ3) is 22.5. The zero-order valence-corrected chi connectivity index (χ0v) is 31.9. The van der Waals surface area contributed by atoms with Crippen molar-refractivity contribution in [2.75, 3.05) is 0 Å². The van der Waals surface area contributed by atoms with Crippen LogP contribution >= 0.6 is 0 Å². The number of hydrogen-bond donors (Lipinski definition) is 7. The molecule has 0 bridgehead atoms. The van der Waals surface area contributed by atoms with E-state index >= 15 is 0 Å². The first-order valence-corrected chi connectivity index (χ1v) is 18.7. The molecular formula is C37H68N4O9. The summed E-state index contributed by atoms with van der Waals surface area (Å²) in [6.07, 6.45) is 6.82. The van der Waals surface area contributed by atoms with E-state index in [0.717, 1.165) is 31.6 Å². The summed E-state index contributed by atoms with van der Waals surface area (Å²) < 4.78 is 0. The number of carbonyl (C=O) groups is 6. The van der Waals surface area contributed by atoms with Crippen LogP contribution < -0.4 is 21.3 Å². The Morgan fingerprint density at radius 3 is 1.44 bits per heavy atom. The maximum atomic E-state index is 13.5. The van der Waals surface area contributed by atoms with Gasteiger partial charge in [-0.15, -0.1) is 0 Å². The molecule has 0 aliphatic heterocycles. The van der Waals surface area contributed by atoms with Crippen molar-refractivity contribution < 1.29 is 44.1 Å². The zero-order valence-electron chi connectivity index (χ0n) is 31.9. The summed E-state index contributed by atoms with van der Waals surface area (Å²) in [5.74, 6) is -4.51. The van der Waals surface area contributed by atoms with Crippen LogP contribution in [0.2, 0.25) is 0 Å². The van der Waals surface area contributed by atoms with Crippen LogP contribution in [-0.2, 0) is 28.8 Å². The van der Waals surface area contributed by atoms with Gasteiger partial charge in [0.1, 0.15) is 24.2 Å². The molecule has 0 radical (unpaired) electrons. The molecule has 0 heterocycles. The van der Waals surface area contributed by atoms with Crippen molar-refractivity contribution in [1.29, 1.82) is 0 Å². The van der Waals surface area contributed by atoms with Gasteiger partial charge in [-0.3, -0.25) is 24.0 Å². The van der Waals surface area contributed by atoms with E-state index in [-0.39, 0.29) is 49.9 Å². The van der Waals surface area contributed by atoms with Gasteiger partial charge in [0.25, 0.3) is 0 Å². The van der Waals surface area contributed by atoms with Gasteiger partial charge >= 0.3 is 11.9 Å². The first-order valence-electron chi connectivity index (χ1n) is 18.7. The molecule has 13 heteroatoms. The van der Waals surface area contributed by atoms with Crippen molar-refractivity contribution in [2.24, 2.45) is 23.7 Å². The number of unbranched alkanes of at least 4 members (excludes halogenated alkanes) is 4. The lowest BCUT2D eigenvalue weighted by molar-refractivity contribution is -0.143. The van der Waals surface area contributed by atoms with Crippen LogP contribution in [0.4, 0.5) is 0 Å². The maximum Gasteiger partial charge on any atom is 0.326 e. The molecular weight excluding hydrogens is 644 g/mol. The van der Waals surface area contributed by atoms with Crippen molar-refractivity contribution in [3.05, 3.63) is 0 Å². The molecule has 0 spiro atoms. The quantitative estimate of drug-likeness (QED) is 0.0567. The first-order chi connectivity index (χ1) is 23.4. The summed E-state index contributed by atoms with van der Waals surface area (Å²) in [6, 6.07) is -4.71. The zero-order chi connectivity index (χ0) is 38.4. The molecule has 0 aromatic rings. The number of aliphatic hydroxyl groups excluding tert-OH is 1. The predicted octanol–water partition coefficient (Wildman–Crippen LogP) is 4.54. The van der Waals surface area contributed by atoms with E-state index in [0.29, 0.717) is 6.42 Å². The highest BCUT2D eigenvalue weighted by molar-refractivity contribution is 5.95. The van der Waals surface area contributed by atoms with E-state index in [1.165, 1.54) is 19.3 Å². The molecule has 0 aromatic heterocycles. The van der Waals surface area contributed by atoms with Crippen molar-refractivity contribution in [3.63, 3.8) is 0 Å². The molecule has 1 unspecified atom stereocenters. The fourth-order valence-electron chi connectivity index (χ4n) is 5.63. The second-order valence-corrected chi connectivity index (χ2v) is 15.2.